The maximum Gasteiger partial charge on any atom is 0.335 e. The summed E-state index contributed by atoms with van der Waals surface area (Å²) in [6.07, 6.45) is 7.97. The van der Waals surface area contributed by atoms with Crippen molar-refractivity contribution >= 4 is 34.8 Å². The van der Waals surface area contributed by atoms with Gasteiger partial charge >= 0.3 is 5.97 Å². The van der Waals surface area contributed by atoms with E-state index in [9.17, 15) is 14.4 Å². The van der Waals surface area contributed by atoms with Gasteiger partial charge in [0.15, 0.2) is 5.78 Å². The molecule has 0 N–H and O–H groups in total. The Morgan fingerprint density at radius 2 is 1.60 bits per heavy atom. The molecule has 0 saturated carbocycles. The molecule has 0 spiro atoms. The molecule has 3 aromatic rings. The van der Waals surface area contributed by atoms with E-state index in [0.29, 0.717) is 29.8 Å². The molecule has 2 aliphatic rings. The summed E-state index contributed by atoms with van der Waals surface area (Å²) in [5, 5.41) is 3.99. The minimum atomic E-state index is -0.452. The Bertz CT molecular complexity index is 1580. The van der Waals surface area contributed by atoms with Crippen LogP contribution >= 0.6 is 11.6 Å². The smallest absolute Gasteiger partial charge is 0.318 e. The van der Waals surface area contributed by atoms with Gasteiger partial charge in [-0.25, -0.2) is 4.79 Å². The van der Waals surface area contributed by atoms with Gasteiger partial charge in [0.05, 0.1) is 0 Å². The number of benzene rings is 3. The van der Waals surface area contributed by atoms with Crippen molar-refractivity contribution in [3.05, 3.63) is 93.5 Å². The molecule has 0 bridgehead atoms. The Morgan fingerprint density at radius 1 is 0.884 bits per heavy atom. The van der Waals surface area contributed by atoms with Crippen molar-refractivity contribution in [2.24, 2.45) is 5.16 Å². The van der Waals surface area contributed by atoms with E-state index in [2.05, 4.69) is 43.3 Å². The molecule has 2 aliphatic carbocycles. The molecule has 224 valence electrons. The summed E-state index contributed by atoms with van der Waals surface area (Å²) in [7, 11) is 0. The molecule has 0 aliphatic heterocycles. The number of halogens is 1. The Hall–Kier alpha value is -3.57. The fourth-order valence-corrected chi connectivity index (χ4v) is 6.88. The highest BCUT2D eigenvalue weighted by Gasteiger charge is 2.44. The van der Waals surface area contributed by atoms with Gasteiger partial charge in [-0.3, -0.25) is 9.59 Å². The predicted molar refractivity (Wildman–Crippen MR) is 172 cm³/mol. The number of unbranched alkanes of at least 4 members (excludes halogenated alkanes) is 3. The lowest BCUT2D eigenvalue weighted by Gasteiger charge is -2.33. The number of hydrogen-bond acceptors (Lipinski definition) is 5. The molecule has 0 fully saturated rings. The van der Waals surface area contributed by atoms with Gasteiger partial charge in [0, 0.05) is 40.8 Å². The van der Waals surface area contributed by atoms with Crippen LogP contribution in [0.5, 0.6) is 0 Å². The van der Waals surface area contributed by atoms with Crippen LogP contribution in [0.4, 0.5) is 0 Å². The first-order valence-electron chi connectivity index (χ1n) is 15.6. The first-order chi connectivity index (χ1) is 20.8. The zero-order valence-corrected chi connectivity index (χ0v) is 26.2. The van der Waals surface area contributed by atoms with Crippen molar-refractivity contribution in [2.75, 3.05) is 5.88 Å². The Balaban J connectivity index is 1.56. The van der Waals surface area contributed by atoms with Crippen LogP contribution in [0.1, 0.15) is 120 Å². The SMILES string of the molecule is CCCCC1(CCCC)c2cc(C(=O)c3ccccc3C)ccc2-c2cc3c(cc21)C(=O)/C(=N/OC(=O)CCCCCl)C3. The van der Waals surface area contributed by atoms with Crippen molar-refractivity contribution in [1.29, 1.82) is 0 Å². The molecule has 0 aromatic heterocycles. The minimum Gasteiger partial charge on any atom is -0.318 e. The topological polar surface area (TPSA) is 72.8 Å². The number of hydrogen-bond donors (Lipinski definition) is 0. The molecule has 43 heavy (non-hydrogen) atoms. The van der Waals surface area contributed by atoms with E-state index in [-0.39, 0.29) is 29.1 Å². The first-order valence-corrected chi connectivity index (χ1v) is 16.2. The van der Waals surface area contributed by atoms with Crippen molar-refractivity contribution in [3.63, 3.8) is 0 Å². The summed E-state index contributed by atoms with van der Waals surface area (Å²) in [5.41, 5.74) is 8.51. The summed E-state index contributed by atoms with van der Waals surface area (Å²) >= 11 is 5.70. The molecule has 3 aromatic carbocycles. The average molecular weight is 598 g/mol. The molecular weight excluding hydrogens is 558 g/mol. The normalized spacial score (nSPS) is 15.3. The second-order valence-corrected chi connectivity index (χ2v) is 12.3. The molecule has 0 unspecified atom stereocenters. The van der Waals surface area contributed by atoms with Crippen LogP contribution in [0.2, 0.25) is 0 Å². The van der Waals surface area contributed by atoms with Crippen LogP contribution < -0.4 is 0 Å². The molecule has 5 rings (SSSR count). The second kappa shape index (κ2) is 13.4. The number of nitrogens with zero attached hydrogens (tertiary/aromatic N) is 1. The van der Waals surface area contributed by atoms with Gasteiger partial charge in [0.25, 0.3) is 0 Å². The van der Waals surface area contributed by atoms with E-state index in [1.807, 2.05) is 37.3 Å². The molecule has 0 atom stereocenters. The lowest BCUT2D eigenvalue weighted by atomic mass is 9.70. The number of rotatable bonds is 13. The van der Waals surface area contributed by atoms with Gasteiger partial charge < -0.3 is 4.84 Å². The Labute approximate surface area is 259 Å². The second-order valence-electron chi connectivity index (χ2n) is 11.9. The highest BCUT2D eigenvalue weighted by atomic mass is 35.5. The van der Waals surface area contributed by atoms with E-state index < -0.39 is 5.97 Å². The predicted octanol–water partition coefficient (Wildman–Crippen LogP) is 8.92. The number of fused-ring (bicyclic) bond motifs is 4. The zero-order valence-electron chi connectivity index (χ0n) is 25.4. The number of alkyl halides is 1. The minimum absolute atomic E-state index is 0.0347. The van der Waals surface area contributed by atoms with Crippen molar-refractivity contribution in [2.45, 2.75) is 90.4 Å². The fourth-order valence-electron chi connectivity index (χ4n) is 6.69. The number of carbonyl (C=O) groups is 3. The van der Waals surface area contributed by atoms with Crippen LogP contribution in [0.25, 0.3) is 11.1 Å². The molecule has 6 heteroatoms. The number of carbonyl (C=O) groups excluding carboxylic acids is 3. The van der Waals surface area contributed by atoms with Crippen LogP contribution in [-0.4, -0.2) is 29.1 Å². The van der Waals surface area contributed by atoms with E-state index in [1.54, 1.807) is 0 Å². The third kappa shape index (κ3) is 5.97. The first kappa shape index (κ1) is 30.9. The summed E-state index contributed by atoms with van der Waals surface area (Å²) in [6, 6.07) is 18.1. The highest BCUT2D eigenvalue weighted by Crippen LogP contribution is 2.55. The van der Waals surface area contributed by atoms with Crippen molar-refractivity contribution in [3.8, 4) is 11.1 Å². The fraction of sp³-hybridized carbons (Fsp3) is 0.405. The molecular formula is C37H40ClNO4. The van der Waals surface area contributed by atoms with Gasteiger partial charge in [0.2, 0.25) is 5.78 Å². The summed E-state index contributed by atoms with van der Waals surface area (Å²) in [4.78, 5) is 44.5. The maximum atomic E-state index is 13.7. The summed E-state index contributed by atoms with van der Waals surface area (Å²) in [5.74, 6) is -0.108. The van der Waals surface area contributed by atoms with Crippen molar-refractivity contribution < 1.29 is 19.2 Å². The van der Waals surface area contributed by atoms with Gasteiger partial charge in [-0.1, -0.05) is 81.1 Å². The molecule has 0 amide bonds. The third-order valence-corrected chi connectivity index (χ3v) is 9.30. The van der Waals surface area contributed by atoms with Crippen LogP contribution in [-0.2, 0) is 21.5 Å². The van der Waals surface area contributed by atoms with Gasteiger partial charge in [0.1, 0.15) is 5.71 Å². The summed E-state index contributed by atoms with van der Waals surface area (Å²) in [6.45, 7) is 6.38. The molecule has 0 radical (unpaired) electrons. The third-order valence-electron chi connectivity index (χ3n) is 9.04. The highest BCUT2D eigenvalue weighted by molar-refractivity contribution is 6.49. The lowest BCUT2D eigenvalue weighted by molar-refractivity contribution is -0.143. The van der Waals surface area contributed by atoms with E-state index in [4.69, 9.17) is 16.4 Å². The Kier molecular flexibility index (Phi) is 9.61. The zero-order chi connectivity index (χ0) is 30.6. The molecule has 0 saturated heterocycles. The monoisotopic (exact) mass is 597 g/mol. The van der Waals surface area contributed by atoms with E-state index in [1.165, 1.54) is 5.56 Å². The van der Waals surface area contributed by atoms with Crippen LogP contribution in [0.15, 0.2) is 59.8 Å². The Morgan fingerprint density at radius 3 is 2.30 bits per heavy atom. The van der Waals surface area contributed by atoms with Crippen molar-refractivity contribution in [1.82, 2.24) is 0 Å². The number of oxime groups is 1. The van der Waals surface area contributed by atoms with Gasteiger partial charge in [-0.2, -0.15) is 0 Å². The van der Waals surface area contributed by atoms with Gasteiger partial charge in [-0.05, 0) is 84.2 Å². The standard InChI is InChI=1S/C37H40ClNO4/c1-4-6-17-37(18-7-5-2)31-21-25(35(41)27-13-9-8-12-24(27)3)15-16-28(31)30-20-26-22-33(36(42)29(26)23-32(30)37)39-43-34(40)14-10-11-19-38/h8-9,12-13,15-16,20-21,23H,4-7,10-11,14,17-19,22H2,1-3H3/b39-33+. The van der Waals surface area contributed by atoms with Crippen LogP contribution in [0.3, 0.4) is 0 Å². The van der Waals surface area contributed by atoms with Gasteiger partial charge in [-0.15, -0.1) is 11.6 Å². The quantitative estimate of drug-likeness (QED) is 0.0648. The summed E-state index contributed by atoms with van der Waals surface area (Å²) < 4.78 is 0. The number of ketones is 2. The van der Waals surface area contributed by atoms with Crippen LogP contribution in [0, 0.1) is 6.92 Å². The largest absolute Gasteiger partial charge is 0.335 e. The van der Waals surface area contributed by atoms with E-state index >= 15 is 0 Å². The van der Waals surface area contributed by atoms with E-state index in [0.717, 1.165) is 78.3 Å². The lowest BCUT2D eigenvalue weighted by Crippen LogP contribution is -2.26. The molecule has 0 heterocycles. The average Bonchev–Trinajstić information content (AvgIpc) is 3.47. The number of Topliss-reactive ketones (excluding diaryl/α,β-unsaturated/α-hetero) is 1. The maximum absolute atomic E-state index is 13.7. The number of aryl methyl sites for hydroxylation is 1. The molecule has 5 nitrogen and oxygen atoms in total.